The Hall–Kier alpha value is -1.76. The molecule has 18 heavy (non-hydrogen) atoms. The van der Waals surface area contributed by atoms with Gasteiger partial charge in [0.25, 0.3) is 0 Å². The molecule has 2 aliphatic rings. The molecule has 4 amide bonds. The summed E-state index contributed by atoms with van der Waals surface area (Å²) in [6, 6.07) is -1.09. The molecule has 1 spiro atoms. The van der Waals surface area contributed by atoms with E-state index in [-0.39, 0.29) is 5.91 Å². The standard InChI is InChI=1S/C11H11N3O3S/c1-6(7-12-4-5-18-7)14-9(16)11(2-3-11)8(15)13-10(14)17/h4-6H,2-3H2,1H3,(H,13,15,17). The molecule has 6 nitrogen and oxygen atoms in total. The summed E-state index contributed by atoms with van der Waals surface area (Å²) in [5.41, 5.74) is -0.987. The van der Waals surface area contributed by atoms with Crippen molar-refractivity contribution in [3.63, 3.8) is 0 Å². The fraction of sp³-hybridized carbons (Fsp3) is 0.455. The zero-order valence-electron chi connectivity index (χ0n) is 9.67. The number of amides is 4. The van der Waals surface area contributed by atoms with Crippen LogP contribution < -0.4 is 5.32 Å². The molecule has 1 atom stereocenters. The van der Waals surface area contributed by atoms with Crippen molar-refractivity contribution in [2.75, 3.05) is 0 Å². The average Bonchev–Trinajstić information content (AvgIpc) is 2.95. The predicted octanol–water partition coefficient (Wildman–Crippen LogP) is 1.06. The van der Waals surface area contributed by atoms with Crippen LogP contribution in [0.15, 0.2) is 11.6 Å². The number of carbonyl (C=O) groups excluding carboxylic acids is 3. The Labute approximate surface area is 107 Å². The van der Waals surface area contributed by atoms with Gasteiger partial charge in [0.15, 0.2) is 0 Å². The lowest BCUT2D eigenvalue weighted by molar-refractivity contribution is -0.146. The van der Waals surface area contributed by atoms with Crippen LogP contribution in [0.4, 0.5) is 4.79 Å². The van der Waals surface area contributed by atoms with Gasteiger partial charge in [-0.2, -0.15) is 0 Å². The maximum atomic E-state index is 12.3. The van der Waals surface area contributed by atoms with Crippen molar-refractivity contribution in [3.05, 3.63) is 16.6 Å². The van der Waals surface area contributed by atoms with Gasteiger partial charge >= 0.3 is 6.03 Å². The van der Waals surface area contributed by atoms with Gasteiger partial charge in [0.1, 0.15) is 10.4 Å². The van der Waals surface area contributed by atoms with Crippen LogP contribution in [0.25, 0.3) is 0 Å². The molecule has 1 aromatic rings. The number of aromatic nitrogens is 1. The van der Waals surface area contributed by atoms with Crippen LogP contribution in [0.5, 0.6) is 0 Å². The molecule has 1 saturated carbocycles. The van der Waals surface area contributed by atoms with E-state index in [1.165, 1.54) is 11.3 Å². The summed E-state index contributed by atoms with van der Waals surface area (Å²) in [4.78, 5) is 41.0. The third kappa shape index (κ3) is 1.40. The summed E-state index contributed by atoms with van der Waals surface area (Å²) >= 11 is 1.38. The van der Waals surface area contributed by atoms with Crippen molar-refractivity contribution in [3.8, 4) is 0 Å². The number of urea groups is 1. The molecule has 0 radical (unpaired) electrons. The van der Waals surface area contributed by atoms with Crippen molar-refractivity contribution in [2.24, 2.45) is 5.41 Å². The molecule has 1 N–H and O–H groups in total. The van der Waals surface area contributed by atoms with E-state index < -0.39 is 23.4 Å². The number of carbonyl (C=O) groups is 3. The lowest BCUT2D eigenvalue weighted by Gasteiger charge is -2.33. The van der Waals surface area contributed by atoms with E-state index in [0.717, 1.165) is 4.90 Å². The number of hydrogen-bond acceptors (Lipinski definition) is 5. The monoisotopic (exact) mass is 265 g/mol. The molecule has 1 aromatic heterocycles. The summed E-state index contributed by atoms with van der Waals surface area (Å²) in [6.45, 7) is 1.74. The van der Waals surface area contributed by atoms with Gasteiger partial charge in [0, 0.05) is 11.6 Å². The number of hydrogen-bond donors (Lipinski definition) is 1. The minimum Gasteiger partial charge on any atom is -0.277 e. The van der Waals surface area contributed by atoms with Crippen LogP contribution in [0.1, 0.15) is 30.8 Å². The summed E-state index contributed by atoms with van der Waals surface area (Å²) < 4.78 is 0. The quantitative estimate of drug-likeness (QED) is 0.811. The fourth-order valence-corrected chi connectivity index (χ4v) is 2.85. The van der Waals surface area contributed by atoms with Crippen molar-refractivity contribution in [1.29, 1.82) is 0 Å². The van der Waals surface area contributed by atoms with Crippen molar-refractivity contribution in [2.45, 2.75) is 25.8 Å². The van der Waals surface area contributed by atoms with E-state index in [4.69, 9.17) is 0 Å². The number of thiazole rings is 1. The van der Waals surface area contributed by atoms with Gasteiger partial charge in [-0.15, -0.1) is 11.3 Å². The van der Waals surface area contributed by atoms with Gasteiger partial charge in [0.05, 0.1) is 6.04 Å². The van der Waals surface area contributed by atoms with E-state index in [9.17, 15) is 14.4 Å². The molecule has 94 valence electrons. The molecule has 3 rings (SSSR count). The highest BCUT2D eigenvalue weighted by Crippen LogP contribution is 2.50. The Kier molecular flexibility index (Phi) is 2.28. The van der Waals surface area contributed by atoms with Gasteiger partial charge in [-0.1, -0.05) is 0 Å². The van der Waals surface area contributed by atoms with E-state index in [1.807, 2.05) is 0 Å². The Morgan fingerprint density at radius 3 is 2.72 bits per heavy atom. The summed E-state index contributed by atoms with van der Waals surface area (Å²) in [7, 11) is 0. The Morgan fingerprint density at radius 2 is 2.17 bits per heavy atom. The molecule has 1 saturated heterocycles. The van der Waals surface area contributed by atoms with Crippen LogP contribution in [-0.4, -0.2) is 27.7 Å². The highest BCUT2D eigenvalue weighted by molar-refractivity contribution is 7.09. The average molecular weight is 265 g/mol. The maximum absolute atomic E-state index is 12.3. The molecule has 2 heterocycles. The zero-order chi connectivity index (χ0) is 12.9. The second kappa shape index (κ2) is 3.61. The predicted molar refractivity (Wildman–Crippen MR) is 62.6 cm³/mol. The highest BCUT2D eigenvalue weighted by Gasteiger charge is 2.63. The topological polar surface area (TPSA) is 79.4 Å². The number of imide groups is 2. The SMILES string of the molecule is CC(c1nccs1)N1C(=O)NC(=O)C2(CC2)C1=O. The summed E-state index contributed by atoms with van der Waals surface area (Å²) in [5.74, 6) is -0.848. The molecule has 0 aromatic carbocycles. The lowest BCUT2D eigenvalue weighted by Crippen LogP contribution is -2.59. The van der Waals surface area contributed by atoms with Crippen LogP contribution in [0.2, 0.25) is 0 Å². The molecule has 2 fully saturated rings. The van der Waals surface area contributed by atoms with E-state index in [1.54, 1.807) is 18.5 Å². The number of nitrogens with one attached hydrogen (secondary N) is 1. The summed E-state index contributed by atoms with van der Waals surface area (Å²) in [6.07, 6.45) is 2.67. The first-order valence-corrected chi connectivity index (χ1v) is 6.53. The van der Waals surface area contributed by atoms with E-state index in [0.29, 0.717) is 17.8 Å². The van der Waals surface area contributed by atoms with Crippen molar-refractivity contribution < 1.29 is 14.4 Å². The minimum atomic E-state index is -0.987. The molecule has 1 aliphatic heterocycles. The van der Waals surface area contributed by atoms with E-state index in [2.05, 4.69) is 10.3 Å². The first-order valence-electron chi connectivity index (χ1n) is 5.65. The Bertz CT molecular complexity index is 536. The first-order chi connectivity index (χ1) is 8.56. The fourth-order valence-electron chi connectivity index (χ4n) is 2.17. The van der Waals surface area contributed by atoms with Gasteiger partial charge < -0.3 is 0 Å². The first kappa shape index (κ1) is 11.3. The minimum absolute atomic E-state index is 0.390. The van der Waals surface area contributed by atoms with E-state index >= 15 is 0 Å². The number of barbiturate groups is 1. The molecule has 1 aliphatic carbocycles. The molecular weight excluding hydrogens is 254 g/mol. The molecule has 0 bridgehead atoms. The lowest BCUT2D eigenvalue weighted by atomic mass is 10.0. The third-order valence-electron chi connectivity index (χ3n) is 3.45. The van der Waals surface area contributed by atoms with Gasteiger partial charge in [-0.3, -0.25) is 19.8 Å². The highest BCUT2D eigenvalue weighted by atomic mass is 32.1. The molecule has 1 unspecified atom stereocenters. The largest absolute Gasteiger partial charge is 0.331 e. The second-order valence-electron chi connectivity index (χ2n) is 4.56. The smallest absolute Gasteiger partial charge is 0.277 e. The zero-order valence-corrected chi connectivity index (χ0v) is 10.5. The summed E-state index contributed by atoms with van der Waals surface area (Å²) in [5, 5.41) is 4.73. The normalized spacial score (nSPS) is 23.2. The Morgan fingerprint density at radius 1 is 1.44 bits per heavy atom. The van der Waals surface area contributed by atoms with Crippen LogP contribution in [0, 0.1) is 5.41 Å². The molecule has 7 heteroatoms. The van der Waals surface area contributed by atoms with Crippen molar-refractivity contribution in [1.82, 2.24) is 15.2 Å². The molecular formula is C11H11N3O3S. The van der Waals surface area contributed by atoms with Crippen LogP contribution in [-0.2, 0) is 9.59 Å². The van der Waals surface area contributed by atoms with Crippen LogP contribution in [0.3, 0.4) is 0 Å². The van der Waals surface area contributed by atoms with Gasteiger partial charge in [-0.25, -0.2) is 9.78 Å². The number of rotatable bonds is 2. The third-order valence-corrected chi connectivity index (χ3v) is 4.39. The number of nitrogens with zero attached hydrogens (tertiary/aromatic N) is 2. The maximum Gasteiger partial charge on any atom is 0.331 e. The van der Waals surface area contributed by atoms with Gasteiger partial charge in [0.2, 0.25) is 11.8 Å². The Balaban J connectivity index is 1.94. The second-order valence-corrected chi connectivity index (χ2v) is 5.49. The van der Waals surface area contributed by atoms with Crippen molar-refractivity contribution >= 4 is 29.2 Å². The van der Waals surface area contributed by atoms with Gasteiger partial charge in [-0.05, 0) is 19.8 Å². The van der Waals surface area contributed by atoms with Crippen LogP contribution >= 0.6 is 11.3 Å².